The lowest BCUT2D eigenvalue weighted by molar-refractivity contribution is -0.147. The first-order chi connectivity index (χ1) is 9.36. The Bertz CT molecular complexity index is 545. The van der Waals surface area contributed by atoms with Crippen molar-refractivity contribution < 1.29 is 19.1 Å². The highest BCUT2D eigenvalue weighted by Gasteiger charge is 2.22. The van der Waals surface area contributed by atoms with Crippen LogP contribution in [0.15, 0.2) is 24.3 Å². The van der Waals surface area contributed by atoms with Gasteiger partial charge >= 0.3 is 5.97 Å². The van der Waals surface area contributed by atoms with Crippen LogP contribution in [0.4, 0.5) is 4.39 Å². The smallest absolute Gasteiger partial charge is 0.326 e. The van der Waals surface area contributed by atoms with Crippen molar-refractivity contribution >= 4 is 29.6 Å². The van der Waals surface area contributed by atoms with Gasteiger partial charge in [0.15, 0.2) is 0 Å². The molecular formula is C14H15ClFNO3. The van der Waals surface area contributed by atoms with Gasteiger partial charge in [0, 0.05) is 13.1 Å². The fraction of sp³-hybridized carbons (Fsp3) is 0.286. The Kier molecular flexibility index (Phi) is 5.70. The van der Waals surface area contributed by atoms with Crippen LogP contribution in [-0.2, 0) is 9.59 Å². The average Bonchev–Trinajstić information content (AvgIpc) is 2.40. The molecule has 1 rings (SSSR count). The van der Waals surface area contributed by atoms with Crippen LogP contribution in [-0.4, -0.2) is 35.0 Å². The van der Waals surface area contributed by atoms with Crippen LogP contribution in [0, 0.1) is 5.82 Å². The third-order valence-electron chi connectivity index (χ3n) is 2.85. The number of likely N-dealkylation sites (N-methyl/N-ethyl adjacent to an activating group) is 1. The second-order valence-corrected chi connectivity index (χ2v) is 4.63. The van der Waals surface area contributed by atoms with Crippen molar-refractivity contribution in [2.45, 2.75) is 19.4 Å². The highest BCUT2D eigenvalue weighted by atomic mass is 35.5. The molecule has 0 aliphatic heterocycles. The van der Waals surface area contributed by atoms with Gasteiger partial charge in [-0.2, -0.15) is 0 Å². The zero-order valence-corrected chi connectivity index (χ0v) is 11.9. The van der Waals surface area contributed by atoms with Crippen LogP contribution in [0.1, 0.15) is 18.9 Å². The highest BCUT2D eigenvalue weighted by molar-refractivity contribution is 6.30. The zero-order valence-electron chi connectivity index (χ0n) is 11.1. The van der Waals surface area contributed by atoms with Gasteiger partial charge in [-0.05, 0) is 30.2 Å². The Morgan fingerprint density at radius 3 is 2.65 bits per heavy atom. The highest BCUT2D eigenvalue weighted by Crippen LogP contribution is 2.17. The minimum atomic E-state index is -1.05. The number of carbonyl (C=O) groups is 2. The van der Waals surface area contributed by atoms with Crippen molar-refractivity contribution in [3.63, 3.8) is 0 Å². The maximum atomic E-state index is 13.0. The molecule has 0 spiro atoms. The minimum Gasteiger partial charge on any atom is -0.480 e. The number of hydrogen-bond acceptors (Lipinski definition) is 2. The summed E-state index contributed by atoms with van der Waals surface area (Å²) in [6, 6.07) is 3.18. The van der Waals surface area contributed by atoms with E-state index < -0.39 is 23.7 Å². The van der Waals surface area contributed by atoms with E-state index in [0.717, 1.165) is 4.90 Å². The number of carbonyl (C=O) groups excluding carboxylic acids is 1. The molecule has 0 radical (unpaired) electrons. The average molecular weight is 300 g/mol. The molecule has 4 nitrogen and oxygen atoms in total. The first kappa shape index (κ1) is 16.2. The van der Waals surface area contributed by atoms with E-state index in [1.807, 2.05) is 0 Å². The number of rotatable bonds is 5. The second kappa shape index (κ2) is 7.05. The van der Waals surface area contributed by atoms with E-state index in [9.17, 15) is 14.0 Å². The molecule has 1 aromatic carbocycles. The van der Waals surface area contributed by atoms with Crippen LogP contribution in [0.3, 0.4) is 0 Å². The number of nitrogens with zero attached hydrogens (tertiary/aromatic N) is 1. The standard InChI is InChI=1S/C14H15ClFNO3/c1-3-12(14(19)20)17(2)13(18)7-5-9-4-6-11(16)10(15)8-9/h4-8,12H,3H2,1-2H3,(H,19,20). The fourth-order valence-electron chi connectivity index (χ4n) is 1.67. The molecule has 0 aromatic heterocycles. The summed E-state index contributed by atoms with van der Waals surface area (Å²) in [6.45, 7) is 1.69. The van der Waals surface area contributed by atoms with Gasteiger partial charge in [0.2, 0.25) is 5.91 Å². The third-order valence-corrected chi connectivity index (χ3v) is 3.14. The molecule has 0 aliphatic carbocycles. The summed E-state index contributed by atoms with van der Waals surface area (Å²) in [6.07, 6.45) is 3.00. The predicted octanol–water partition coefficient (Wildman–Crippen LogP) is 2.81. The zero-order chi connectivity index (χ0) is 15.3. The van der Waals surface area contributed by atoms with E-state index in [4.69, 9.17) is 16.7 Å². The first-order valence-electron chi connectivity index (χ1n) is 5.99. The van der Waals surface area contributed by atoms with Crippen LogP contribution < -0.4 is 0 Å². The quantitative estimate of drug-likeness (QED) is 0.851. The molecule has 0 saturated heterocycles. The summed E-state index contributed by atoms with van der Waals surface area (Å²) < 4.78 is 13.0. The van der Waals surface area contributed by atoms with E-state index in [1.165, 1.54) is 37.4 Å². The van der Waals surface area contributed by atoms with Crippen LogP contribution in [0.5, 0.6) is 0 Å². The van der Waals surface area contributed by atoms with Crippen molar-refractivity contribution in [2.75, 3.05) is 7.05 Å². The summed E-state index contributed by atoms with van der Waals surface area (Å²) in [5.74, 6) is -2.04. The number of halogens is 2. The molecule has 6 heteroatoms. The lowest BCUT2D eigenvalue weighted by Gasteiger charge is -2.22. The number of carboxylic acids is 1. The van der Waals surface area contributed by atoms with Gasteiger partial charge < -0.3 is 10.0 Å². The summed E-state index contributed by atoms with van der Waals surface area (Å²) >= 11 is 5.62. The second-order valence-electron chi connectivity index (χ2n) is 4.22. The lowest BCUT2D eigenvalue weighted by atomic mass is 10.2. The van der Waals surface area contributed by atoms with Gasteiger partial charge in [-0.25, -0.2) is 9.18 Å². The fourth-order valence-corrected chi connectivity index (χ4v) is 1.86. The molecule has 0 heterocycles. The Morgan fingerprint density at radius 2 is 2.15 bits per heavy atom. The molecule has 108 valence electrons. The van der Waals surface area contributed by atoms with Gasteiger partial charge in [-0.15, -0.1) is 0 Å². The van der Waals surface area contributed by atoms with Crippen molar-refractivity contribution in [3.05, 3.63) is 40.7 Å². The Labute approximate surface area is 121 Å². The maximum Gasteiger partial charge on any atom is 0.326 e. The number of carboxylic acid groups (broad SMARTS) is 1. The van der Waals surface area contributed by atoms with Crippen molar-refractivity contribution in [3.8, 4) is 0 Å². The van der Waals surface area contributed by atoms with Gasteiger partial charge in [0.05, 0.1) is 5.02 Å². The van der Waals surface area contributed by atoms with E-state index >= 15 is 0 Å². The minimum absolute atomic E-state index is 0.0371. The molecule has 0 fully saturated rings. The van der Waals surface area contributed by atoms with Crippen LogP contribution >= 0.6 is 11.6 Å². The molecule has 0 aliphatic rings. The van der Waals surface area contributed by atoms with E-state index in [-0.39, 0.29) is 5.02 Å². The third kappa shape index (κ3) is 4.06. The normalized spacial score (nSPS) is 12.4. The van der Waals surface area contributed by atoms with Gasteiger partial charge in [0.1, 0.15) is 11.9 Å². The summed E-state index contributed by atoms with van der Waals surface area (Å²) in [7, 11) is 1.42. The summed E-state index contributed by atoms with van der Waals surface area (Å²) in [4.78, 5) is 23.9. The van der Waals surface area contributed by atoms with E-state index in [2.05, 4.69) is 0 Å². The van der Waals surface area contributed by atoms with Gasteiger partial charge in [-0.3, -0.25) is 4.79 Å². The van der Waals surface area contributed by atoms with Crippen LogP contribution in [0.25, 0.3) is 6.08 Å². The summed E-state index contributed by atoms with van der Waals surface area (Å²) in [5, 5.41) is 8.93. The predicted molar refractivity (Wildman–Crippen MR) is 74.9 cm³/mol. The molecule has 0 bridgehead atoms. The SMILES string of the molecule is CCC(C(=O)O)N(C)C(=O)C=Cc1ccc(F)c(Cl)c1. The topological polar surface area (TPSA) is 57.6 Å². The Hall–Kier alpha value is -1.88. The molecule has 1 amide bonds. The maximum absolute atomic E-state index is 13.0. The van der Waals surface area contributed by atoms with Crippen molar-refractivity contribution in [2.24, 2.45) is 0 Å². The Morgan fingerprint density at radius 1 is 1.50 bits per heavy atom. The molecule has 0 saturated carbocycles. The van der Waals surface area contributed by atoms with Crippen molar-refractivity contribution in [1.82, 2.24) is 4.90 Å². The first-order valence-corrected chi connectivity index (χ1v) is 6.37. The summed E-state index contributed by atoms with van der Waals surface area (Å²) in [5.41, 5.74) is 0.557. The number of aliphatic carboxylic acids is 1. The van der Waals surface area contributed by atoms with Crippen LogP contribution in [0.2, 0.25) is 5.02 Å². The molecule has 1 atom stereocenters. The van der Waals surface area contributed by atoms with Gasteiger partial charge in [0.25, 0.3) is 0 Å². The van der Waals surface area contributed by atoms with E-state index in [1.54, 1.807) is 6.92 Å². The molecule has 1 N–H and O–H groups in total. The molecule has 20 heavy (non-hydrogen) atoms. The largest absolute Gasteiger partial charge is 0.480 e. The monoisotopic (exact) mass is 299 g/mol. The molecular weight excluding hydrogens is 285 g/mol. The van der Waals surface area contributed by atoms with Gasteiger partial charge in [-0.1, -0.05) is 24.6 Å². The lowest BCUT2D eigenvalue weighted by Crippen LogP contribution is -2.41. The molecule has 1 unspecified atom stereocenters. The number of benzene rings is 1. The van der Waals surface area contributed by atoms with Crippen molar-refractivity contribution in [1.29, 1.82) is 0 Å². The molecule has 1 aromatic rings. The van der Waals surface area contributed by atoms with E-state index in [0.29, 0.717) is 12.0 Å². The number of hydrogen-bond donors (Lipinski definition) is 1. The number of amides is 1. The Balaban J connectivity index is 2.81.